The molecule has 1 aromatic heterocycles. The number of anilines is 2. The van der Waals surface area contributed by atoms with E-state index in [9.17, 15) is 9.59 Å². The Balaban J connectivity index is 1.49. The van der Waals surface area contributed by atoms with Gasteiger partial charge in [0.05, 0.1) is 5.69 Å². The second kappa shape index (κ2) is 7.37. The van der Waals surface area contributed by atoms with E-state index in [1.54, 1.807) is 29.5 Å². The Morgan fingerprint density at radius 2 is 2.15 bits per heavy atom. The van der Waals surface area contributed by atoms with Crippen LogP contribution in [-0.4, -0.2) is 29.5 Å². The average Bonchev–Trinajstić information content (AvgIpc) is 3.33. The first kappa shape index (κ1) is 16.9. The van der Waals surface area contributed by atoms with Crippen molar-refractivity contribution in [3.8, 4) is 5.75 Å². The van der Waals surface area contributed by atoms with E-state index in [1.165, 1.54) is 12.8 Å². The van der Waals surface area contributed by atoms with E-state index in [4.69, 9.17) is 4.74 Å². The Hall–Kier alpha value is -2.54. The van der Waals surface area contributed by atoms with Crippen molar-refractivity contribution in [1.29, 1.82) is 0 Å². The van der Waals surface area contributed by atoms with Crippen LogP contribution >= 0.6 is 11.3 Å². The lowest BCUT2D eigenvalue weighted by Crippen LogP contribution is -2.41. The van der Waals surface area contributed by atoms with Crippen molar-refractivity contribution < 1.29 is 14.3 Å². The van der Waals surface area contributed by atoms with E-state index in [1.807, 2.05) is 10.3 Å². The van der Waals surface area contributed by atoms with Gasteiger partial charge >= 0.3 is 6.03 Å². The van der Waals surface area contributed by atoms with Gasteiger partial charge in [0.25, 0.3) is 5.91 Å². The van der Waals surface area contributed by atoms with Crippen LogP contribution in [0, 0.1) is 0 Å². The number of urea groups is 1. The number of fused-ring (bicyclic) bond motifs is 1. The SMILES string of the molecule is O=C1COc2cc(NC(=O)N(Cc3ccsc3)C3CCCC3)ccc2N1. The van der Waals surface area contributed by atoms with Crippen LogP contribution < -0.4 is 15.4 Å². The topological polar surface area (TPSA) is 70.7 Å². The first-order chi connectivity index (χ1) is 12.7. The van der Waals surface area contributed by atoms with Crippen LogP contribution in [0.25, 0.3) is 0 Å². The number of nitrogens with one attached hydrogen (secondary N) is 2. The molecule has 2 aromatic rings. The van der Waals surface area contributed by atoms with Gasteiger partial charge in [0.1, 0.15) is 5.75 Å². The summed E-state index contributed by atoms with van der Waals surface area (Å²) in [6.45, 7) is 0.619. The van der Waals surface area contributed by atoms with Crippen LogP contribution in [0.3, 0.4) is 0 Å². The van der Waals surface area contributed by atoms with Crippen LogP contribution in [-0.2, 0) is 11.3 Å². The maximum Gasteiger partial charge on any atom is 0.322 e. The summed E-state index contributed by atoms with van der Waals surface area (Å²) < 4.78 is 5.43. The fraction of sp³-hybridized carbons (Fsp3) is 0.368. The van der Waals surface area contributed by atoms with Gasteiger partial charge in [0.2, 0.25) is 0 Å². The summed E-state index contributed by atoms with van der Waals surface area (Å²) in [6, 6.07) is 7.54. The normalized spacial score (nSPS) is 16.5. The monoisotopic (exact) mass is 371 g/mol. The number of thiophene rings is 1. The summed E-state index contributed by atoms with van der Waals surface area (Å²) in [6.07, 6.45) is 4.45. The molecule has 0 atom stereocenters. The Kier molecular flexibility index (Phi) is 4.79. The summed E-state index contributed by atoms with van der Waals surface area (Å²) in [5.41, 5.74) is 2.46. The minimum Gasteiger partial charge on any atom is -0.482 e. The molecule has 4 rings (SSSR count). The molecule has 2 N–H and O–H groups in total. The summed E-state index contributed by atoms with van der Waals surface area (Å²) >= 11 is 1.65. The molecule has 0 unspecified atom stereocenters. The minimum atomic E-state index is -0.169. The van der Waals surface area contributed by atoms with E-state index in [-0.39, 0.29) is 24.6 Å². The van der Waals surface area contributed by atoms with Crippen molar-refractivity contribution in [2.75, 3.05) is 17.2 Å². The Bertz CT molecular complexity index is 800. The molecule has 2 aliphatic rings. The standard InChI is InChI=1S/C19H21N3O3S/c23-18-11-25-17-9-14(5-6-16(17)21-18)20-19(24)22(15-3-1-2-4-15)10-13-7-8-26-12-13/h5-9,12,15H,1-4,10-11H2,(H,20,24)(H,21,23). The fourth-order valence-corrected chi connectivity index (χ4v) is 4.17. The van der Waals surface area contributed by atoms with E-state index in [0.29, 0.717) is 23.7 Å². The Morgan fingerprint density at radius 3 is 2.92 bits per heavy atom. The van der Waals surface area contributed by atoms with Crippen LogP contribution in [0.1, 0.15) is 31.2 Å². The van der Waals surface area contributed by atoms with Gasteiger partial charge in [0, 0.05) is 24.3 Å². The Morgan fingerprint density at radius 1 is 1.31 bits per heavy atom. The number of hydrogen-bond acceptors (Lipinski definition) is 4. The van der Waals surface area contributed by atoms with E-state index < -0.39 is 0 Å². The second-order valence-corrected chi connectivity index (χ2v) is 7.46. The van der Waals surface area contributed by atoms with Crippen molar-refractivity contribution in [2.45, 2.75) is 38.3 Å². The molecule has 1 aliphatic heterocycles. The van der Waals surface area contributed by atoms with Gasteiger partial charge in [-0.15, -0.1) is 0 Å². The third kappa shape index (κ3) is 3.67. The molecule has 1 aromatic carbocycles. The molecule has 1 fully saturated rings. The lowest BCUT2D eigenvalue weighted by atomic mass is 10.2. The zero-order valence-electron chi connectivity index (χ0n) is 14.4. The number of rotatable bonds is 4. The molecule has 0 bridgehead atoms. The van der Waals surface area contributed by atoms with Crippen LogP contribution in [0.4, 0.5) is 16.2 Å². The smallest absolute Gasteiger partial charge is 0.322 e. The van der Waals surface area contributed by atoms with Crippen molar-refractivity contribution in [3.63, 3.8) is 0 Å². The van der Waals surface area contributed by atoms with Gasteiger partial charge in [-0.1, -0.05) is 12.8 Å². The van der Waals surface area contributed by atoms with Crippen molar-refractivity contribution in [2.24, 2.45) is 0 Å². The van der Waals surface area contributed by atoms with Crippen LogP contribution in [0.5, 0.6) is 5.75 Å². The van der Waals surface area contributed by atoms with Gasteiger partial charge in [-0.2, -0.15) is 11.3 Å². The first-order valence-corrected chi connectivity index (χ1v) is 9.79. The number of amides is 3. The highest BCUT2D eigenvalue weighted by atomic mass is 32.1. The lowest BCUT2D eigenvalue weighted by molar-refractivity contribution is -0.118. The predicted molar refractivity (Wildman–Crippen MR) is 102 cm³/mol. The van der Waals surface area contributed by atoms with Crippen molar-refractivity contribution >= 4 is 34.6 Å². The first-order valence-electron chi connectivity index (χ1n) is 8.84. The molecule has 6 nitrogen and oxygen atoms in total. The molecule has 1 saturated carbocycles. The van der Waals surface area contributed by atoms with Crippen LogP contribution in [0.15, 0.2) is 35.0 Å². The number of nitrogens with zero attached hydrogens (tertiary/aromatic N) is 1. The number of benzene rings is 1. The van der Waals surface area contributed by atoms with Crippen LogP contribution in [0.2, 0.25) is 0 Å². The maximum atomic E-state index is 13.0. The van der Waals surface area contributed by atoms with Gasteiger partial charge in [-0.25, -0.2) is 4.79 Å². The van der Waals surface area contributed by atoms with Crippen molar-refractivity contribution in [3.05, 3.63) is 40.6 Å². The zero-order valence-corrected chi connectivity index (χ0v) is 15.2. The molecular weight excluding hydrogens is 350 g/mol. The van der Waals surface area contributed by atoms with Gasteiger partial charge in [-0.3, -0.25) is 4.79 Å². The highest BCUT2D eigenvalue weighted by Gasteiger charge is 2.27. The molecule has 2 heterocycles. The quantitative estimate of drug-likeness (QED) is 0.852. The molecule has 1 aliphatic carbocycles. The Labute approximate surface area is 156 Å². The molecule has 26 heavy (non-hydrogen) atoms. The van der Waals surface area contributed by atoms with E-state index in [2.05, 4.69) is 22.1 Å². The van der Waals surface area contributed by atoms with Crippen molar-refractivity contribution in [1.82, 2.24) is 4.90 Å². The molecule has 0 saturated heterocycles. The molecular formula is C19H21N3O3S. The molecule has 0 radical (unpaired) electrons. The third-order valence-electron chi connectivity index (χ3n) is 4.83. The van der Waals surface area contributed by atoms with Gasteiger partial charge in [-0.05, 0) is 47.4 Å². The van der Waals surface area contributed by atoms with E-state index in [0.717, 1.165) is 18.4 Å². The lowest BCUT2D eigenvalue weighted by Gasteiger charge is -2.29. The number of hydrogen-bond donors (Lipinski definition) is 2. The van der Waals surface area contributed by atoms with E-state index >= 15 is 0 Å². The molecule has 7 heteroatoms. The summed E-state index contributed by atoms with van der Waals surface area (Å²) in [5, 5.41) is 9.87. The largest absolute Gasteiger partial charge is 0.482 e. The number of carbonyl (C=O) groups excluding carboxylic acids is 2. The molecule has 3 amide bonds. The summed E-state index contributed by atoms with van der Waals surface area (Å²) in [5.74, 6) is 0.408. The molecule has 0 spiro atoms. The second-order valence-electron chi connectivity index (χ2n) is 6.68. The number of ether oxygens (including phenoxy) is 1. The van der Waals surface area contributed by atoms with Gasteiger partial charge in [0.15, 0.2) is 6.61 Å². The zero-order chi connectivity index (χ0) is 17.9. The van der Waals surface area contributed by atoms with Gasteiger partial charge < -0.3 is 20.3 Å². The molecule has 136 valence electrons. The third-order valence-corrected chi connectivity index (χ3v) is 5.56. The minimum absolute atomic E-state index is 0.00322. The highest BCUT2D eigenvalue weighted by Crippen LogP contribution is 2.31. The average molecular weight is 371 g/mol. The highest BCUT2D eigenvalue weighted by molar-refractivity contribution is 7.07. The summed E-state index contributed by atoms with van der Waals surface area (Å²) in [7, 11) is 0. The summed E-state index contributed by atoms with van der Waals surface area (Å²) in [4.78, 5) is 26.3. The number of carbonyl (C=O) groups is 2. The maximum absolute atomic E-state index is 13.0. The predicted octanol–water partition coefficient (Wildman–Crippen LogP) is 4.06. The fourth-order valence-electron chi connectivity index (χ4n) is 3.51.